The number of hydrogen-bond acceptors (Lipinski definition) is 5. The molecule has 3 aromatic rings. The van der Waals surface area contributed by atoms with Crippen molar-refractivity contribution in [2.45, 2.75) is 45.9 Å². The van der Waals surface area contributed by atoms with E-state index in [1.54, 1.807) is 51.1 Å². The highest BCUT2D eigenvalue weighted by Crippen LogP contribution is 2.27. The van der Waals surface area contributed by atoms with Gasteiger partial charge in [0.1, 0.15) is 18.0 Å². The molecule has 0 aliphatic carbocycles. The van der Waals surface area contributed by atoms with Crippen LogP contribution >= 0.6 is 0 Å². The summed E-state index contributed by atoms with van der Waals surface area (Å²) in [6.45, 7) is 5.91. The van der Waals surface area contributed by atoms with E-state index in [2.05, 4.69) is 11.4 Å². The van der Waals surface area contributed by atoms with Crippen molar-refractivity contribution in [3.8, 4) is 22.9 Å². The molecule has 3 rings (SSSR count). The smallest absolute Gasteiger partial charge is 0.407 e. The predicted octanol–water partition coefficient (Wildman–Crippen LogP) is 5.46. The fraction of sp³-hybridized carbons (Fsp3) is 0.250. The van der Waals surface area contributed by atoms with Crippen LogP contribution in [0.2, 0.25) is 0 Å². The van der Waals surface area contributed by atoms with Gasteiger partial charge in [0.15, 0.2) is 0 Å². The zero-order valence-corrected chi connectivity index (χ0v) is 20.0. The first-order valence-corrected chi connectivity index (χ1v) is 11.2. The Labute approximate surface area is 204 Å². The predicted molar refractivity (Wildman–Crippen MR) is 132 cm³/mol. The van der Waals surface area contributed by atoms with Crippen LogP contribution in [-0.2, 0) is 29.1 Å². The Morgan fingerprint density at radius 3 is 2.49 bits per heavy atom. The van der Waals surface area contributed by atoms with Crippen LogP contribution in [0.25, 0.3) is 11.1 Å². The highest BCUT2D eigenvalue weighted by atomic mass is 16.6. The third-order valence-corrected chi connectivity index (χ3v) is 4.99. The summed E-state index contributed by atoms with van der Waals surface area (Å²) in [4.78, 5) is 23.1. The number of carboxylic acids is 1. The number of ether oxygens (including phenoxy) is 2. The van der Waals surface area contributed by atoms with Gasteiger partial charge >= 0.3 is 12.1 Å². The third-order valence-electron chi connectivity index (χ3n) is 4.99. The molecule has 0 unspecified atom stereocenters. The Hall–Kier alpha value is -4.31. The van der Waals surface area contributed by atoms with E-state index in [9.17, 15) is 14.9 Å². The molecular weight excluding hydrogens is 444 g/mol. The number of carboxylic acid groups (broad SMARTS) is 1. The number of aliphatic carboxylic acids is 1. The van der Waals surface area contributed by atoms with Gasteiger partial charge in [-0.1, -0.05) is 42.5 Å². The monoisotopic (exact) mass is 472 g/mol. The molecule has 0 bridgehead atoms. The van der Waals surface area contributed by atoms with Crippen LogP contribution in [0.5, 0.6) is 5.75 Å². The number of benzene rings is 3. The zero-order chi connectivity index (χ0) is 25.4. The fourth-order valence-corrected chi connectivity index (χ4v) is 3.47. The van der Waals surface area contributed by atoms with E-state index in [0.717, 1.165) is 22.3 Å². The SMILES string of the molecule is CC(C)(C)OC(=O)NCc1cccc(-c2cc(COc3ccccc3CC(=O)O)ccc2C#N)c1. The Kier molecular flexibility index (Phi) is 8.11. The number of nitrogens with one attached hydrogen (secondary N) is 1. The van der Waals surface area contributed by atoms with Crippen LogP contribution in [-0.4, -0.2) is 22.8 Å². The minimum absolute atomic E-state index is 0.126. The number of alkyl carbamates (subject to hydrolysis) is 1. The van der Waals surface area contributed by atoms with Gasteiger partial charge in [0, 0.05) is 12.1 Å². The average molecular weight is 473 g/mol. The molecule has 0 aromatic heterocycles. The van der Waals surface area contributed by atoms with Crippen LogP contribution in [0.4, 0.5) is 4.79 Å². The van der Waals surface area contributed by atoms with E-state index in [1.165, 1.54) is 0 Å². The summed E-state index contributed by atoms with van der Waals surface area (Å²) in [5.41, 5.74) is 3.80. The number of para-hydroxylation sites is 1. The second-order valence-electron chi connectivity index (χ2n) is 9.01. The largest absolute Gasteiger partial charge is 0.489 e. The van der Waals surface area contributed by atoms with Gasteiger partial charge in [0.2, 0.25) is 0 Å². The molecule has 0 heterocycles. The Balaban J connectivity index is 1.77. The lowest BCUT2D eigenvalue weighted by Gasteiger charge is -2.19. The summed E-state index contributed by atoms with van der Waals surface area (Å²) in [6, 6.07) is 22.3. The van der Waals surface area contributed by atoms with Gasteiger partial charge in [-0.25, -0.2) is 4.79 Å². The number of carbonyl (C=O) groups excluding carboxylic acids is 1. The first-order valence-electron chi connectivity index (χ1n) is 11.2. The number of amides is 1. The number of nitriles is 1. The molecule has 0 saturated carbocycles. The molecule has 0 radical (unpaired) electrons. The molecular formula is C28H28N2O5. The molecule has 35 heavy (non-hydrogen) atoms. The maximum atomic E-state index is 12.0. The van der Waals surface area contributed by atoms with Gasteiger partial charge in [-0.15, -0.1) is 0 Å². The van der Waals surface area contributed by atoms with Gasteiger partial charge < -0.3 is 19.9 Å². The second-order valence-corrected chi connectivity index (χ2v) is 9.01. The maximum absolute atomic E-state index is 12.0. The van der Waals surface area contributed by atoms with E-state index >= 15 is 0 Å². The lowest BCUT2D eigenvalue weighted by molar-refractivity contribution is -0.136. The summed E-state index contributed by atoms with van der Waals surface area (Å²) in [5.74, 6) is -0.418. The molecule has 0 fully saturated rings. The van der Waals surface area contributed by atoms with E-state index in [4.69, 9.17) is 14.6 Å². The molecule has 1 amide bonds. The van der Waals surface area contributed by atoms with Crippen LogP contribution in [0.3, 0.4) is 0 Å². The van der Waals surface area contributed by atoms with Crippen molar-refractivity contribution in [3.05, 3.63) is 89.0 Å². The molecule has 0 spiro atoms. The third kappa shape index (κ3) is 7.61. The van der Waals surface area contributed by atoms with Gasteiger partial charge in [-0.3, -0.25) is 4.79 Å². The molecule has 3 aromatic carbocycles. The highest BCUT2D eigenvalue weighted by Gasteiger charge is 2.16. The van der Waals surface area contributed by atoms with Crippen molar-refractivity contribution in [1.82, 2.24) is 5.32 Å². The van der Waals surface area contributed by atoms with Crippen LogP contribution in [0.15, 0.2) is 66.7 Å². The van der Waals surface area contributed by atoms with Crippen molar-refractivity contribution in [1.29, 1.82) is 5.26 Å². The minimum Gasteiger partial charge on any atom is -0.489 e. The lowest BCUT2D eigenvalue weighted by Crippen LogP contribution is -2.32. The molecule has 0 saturated heterocycles. The van der Waals surface area contributed by atoms with Gasteiger partial charge in [0.05, 0.1) is 18.1 Å². The van der Waals surface area contributed by atoms with Gasteiger partial charge in [-0.05, 0) is 67.3 Å². The molecule has 0 atom stereocenters. The summed E-state index contributed by atoms with van der Waals surface area (Å²) < 4.78 is 11.2. The average Bonchev–Trinajstić information content (AvgIpc) is 2.81. The van der Waals surface area contributed by atoms with E-state index < -0.39 is 17.7 Å². The second kappa shape index (κ2) is 11.2. The van der Waals surface area contributed by atoms with Gasteiger partial charge in [-0.2, -0.15) is 5.26 Å². The summed E-state index contributed by atoms with van der Waals surface area (Å²) >= 11 is 0. The summed E-state index contributed by atoms with van der Waals surface area (Å²) in [6.07, 6.45) is -0.623. The molecule has 2 N–H and O–H groups in total. The minimum atomic E-state index is -0.928. The Morgan fingerprint density at radius 2 is 1.77 bits per heavy atom. The lowest BCUT2D eigenvalue weighted by atomic mass is 9.96. The van der Waals surface area contributed by atoms with E-state index in [-0.39, 0.29) is 19.6 Å². The van der Waals surface area contributed by atoms with Gasteiger partial charge in [0.25, 0.3) is 0 Å². The van der Waals surface area contributed by atoms with Crippen molar-refractivity contribution in [2.75, 3.05) is 0 Å². The summed E-state index contributed by atoms with van der Waals surface area (Å²) in [7, 11) is 0. The van der Waals surface area contributed by atoms with Crippen molar-refractivity contribution >= 4 is 12.1 Å². The van der Waals surface area contributed by atoms with Crippen molar-refractivity contribution in [2.24, 2.45) is 0 Å². The topological polar surface area (TPSA) is 109 Å². The number of hydrogen-bond donors (Lipinski definition) is 2. The molecule has 0 aliphatic heterocycles. The standard InChI is InChI=1S/C28H28N2O5/c1-28(2,3)35-27(33)30-17-19-7-6-9-21(13-19)24-14-20(11-12-23(24)16-29)18-34-25-10-5-4-8-22(25)15-26(31)32/h4-14H,15,17-18H2,1-3H3,(H,30,33)(H,31,32). The molecule has 180 valence electrons. The van der Waals surface area contributed by atoms with E-state index in [1.807, 2.05) is 36.4 Å². The molecule has 7 nitrogen and oxygen atoms in total. The number of carbonyl (C=O) groups is 2. The van der Waals surface area contributed by atoms with Crippen LogP contribution in [0, 0.1) is 11.3 Å². The van der Waals surface area contributed by atoms with E-state index in [0.29, 0.717) is 16.9 Å². The Bertz CT molecular complexity index is 1250. The van der Waals surface area contributed by atoms with Crippen molar-refractivity contribution in [3.63, 3.8) is 0 Å². The molecule has 7 heteroatoms. The first-order chi connectivity index (χ1) is 16.6. The zero-order valence-electron chi connectivity index (χ0n) is 20.0. The quantitative estimate of drug-likeness (QED) is 0.451. The fourth-order valence-electron chi connectivity index (χ4n) is 3.47. The van der Waals surface area contributed by atoms with Crippen LogP contribution < -0.4 is 10.1 Å². The van der Waals surface area contributed by atoms with Crippen molar-refractivity contribution < 1.29 is 24.2 Å². The normalized spacial score (nSPS) is 10.8. The van der Waals surface area contributed by atoms with Crippen LogP contribution in [0.1, 0.15) is 43.0 Å². The Morgan fingerprint density at radius 1 is 1.00 bits per heavy atom. The molecule has 0 aliphatic rings. The highest BCUT2D eigenvalue weighted by molar-refractivity contribution is 5.73. The maximum Gasteiger partial charge on any atom is 0.407 e. The first kappa shape index (κ1) is 25.3. The number of rotatable bonds is 8. The summed E-state index contributed by atoms with van der Waals surface area (Å²) in [5, 5.41) is 21.5. The number of nitrogens with zero attached hydrogens (tertiary/aromatic N) is 1.